The van der Waals surface area contributed by atoms with Crippen LogP contribution in [0.25, 0.3) is 0 Å². The minimum Gasteiger partial charge on any atom is -0.352 e. The number of carbonyl (C=O) groups excluding carboxylic acids is 2. The largest absolute Gasteiger partial charge is 0.352 e. The average Bonchev–Trinajstić information content (AvgIpc) is 2.87. The van der Waals surface area contributed by atoms with E-state index >= 15 is 0 Å². The highest BCUT2D eigenvalue weighted by Crippen LogP contribution is 2.28. The second-order valence-corrected chi connectivity index (χ2v) is 12.8. The van der Waals surface area contributed by atoms with Gasteiger partial charge in [0.25, 0.3) is 10.0 Å². The normalized spacial score (nSPS) is 12.2. The second kappa shape index (κ2) is 13.1. The minimum atomic E-state index is -4.12. The highest BCUT2D eigenvalue weighted by molar-refractivity contribution is 14.1. The molecule has 1 N–H and O–H groups in total. The van der Waals surface area contributed by atoms with Crippen LogP contribution in [0.5, 0.6) is 0 Å². The number of hydrogen-bond donors (Lipinski definition) is 1. The fourth-order valence-electron chi connectivity index (χ4n) is 3.70. The first-order valence-corrected chi connectivity index (χ1v) is 15.1. The molecule has 0 aliphatic carbocycles. The standard InChI is InChI=1S/C27H28Cl2IN3O4S/c1-18(2)31-27(35)19(3)32(16-23-24(28)10-7-11-25(23)29)26(34)17-33(21-14-12-20(30)13-15-21)38(36,37)22-8-5-4-6-9-22/h4-15,18-19H,16-17H2,1-3H3,(H,31,35). The molecule has 0 heterocycles. The van der Waals surface area contributed by atoms with Crippen molar-refractivity contribution in [2.75, 3.05) is 10.8 Å². The molecule has 1 atom stereocenters. The van der Waals surface area contributed by atoms with E-state index in [-0.39, 0.29) is 23.4 Å². The molecule has 0 aliphatic rings. The molecule has 3 aromatic rings. The predicted octanol–water partition coefficient (Wildman–Crippen LogP) is 5.74. The van der Waals surface area contributed by atoms with Gasteiger partial charge in [-0.15, -0.1) is 0 Å². The molecule has 0 aliphatic heterocycles. The first-order chi connectivity index (χ1) is 17.9. The molecule has 202 valence electrons. The molecule has 0 aromatic heterocycles. The summed E-state index contributed by atoms with van der Waals surface area (Å²) in [5.41, 5.74) is 0.776. The van der Waals surface area contributed by atoms with Crippen molar-refractivity contribution in [1.29, 1.82) is 0 Å². The number of halogens is 3. The monoisotopic (exact) mass is 687 g/mol. The van der Waals surface area contributed by atoms with Crippen molar-refractivity contribution in [1.82, 2.24) is 10.2 Å². The van der Waals surface area contributed by atoms with Crippen LogP contribution in [0.2, 0.25) is 10.0 Å². The third-order valence-corrected chi connectivity index (χ3v) is 8.93. The summed E-state index contributed by atoms with van der Waals surface area (Å²) in [4.78, 5) is 28.2. The van der Waals surface area contributed by atoms with Gasteiger partial charge in [0.15, 0.2) is 0 Å². The van der Waals surface area contributed by atoms with Crippen LogP contribution in [0.4, 0.5) is 5.69 Å². The number of sulfonamides is 1. The van der Waals surface area contributed by atoms with Crippen molar-refractivity contribution in [3.63, 3.8) is 0 Å². The number of nitrogens with zero attached hydrogens (tertiary/aromatic N) is 2. The third kappa shape index (κ3) is 7.40. The van der Waals surface area contributed by atoms with E-state index in [1.54, 1.807) is 67.6 Å². The summed E-state index contributed by atoms with van der Waals surface area (Å²) in [5, 5.41) is 3.47. The van der Waals surface area contributed by atoms with Crippen LogP contribution in [-0.4, -0.2) is 43.8 Å². The highest BCUT2D eigenvalue weighted by Gasteiger charge is 2.33. The molecular weight excluding hydrogens is 660 g/mol. The van der Waals surface area contributed by atoms with E-state index in [1.165, 1.54) is 17.0 Å². The quantitative estimate of drug-likeness (QED) is 0.276. The average molecular weight is 688 g/mol. The van der Waals surface area contributed by atoms with Gasteiger partial charge in [0.2, 0.25) is 11.8 Å². The smallest absolute Gasteiger partial charge is 0.264 e. The van der Waals surface area contributed by atoms with Gasteiger partial charge in [-0.3, -0.25) is 13.9 Å². The molecule has 0 spiro atoms. The summed E-state index contributed by atoms with van der Waals surface area (Å²) in [7, 11) is -4.12. The Balaban J connectivity index is 2.05. The van der Waals surface area contributed by atoms with Gasteiger partial charge in [-0.05, 0) is 91.9 Å². The fraction of sp³-hybridized carbons (Fsp3) is 0.259. The highest BCUT2D eigenvalue weighted by atomic mass is 127. The summed E-state index contributed by atoms with van der Waals surface area (Å²) in [6, 6.07) is 18.5. The van der Waals surface area contributed by atoms with Crippen molar-refractivity contribution in [3.05, 3.63) is 92.0 Å². The Hall–Kier alpha value is -2.34. The molecule has 2 amide bonds. The summed E-state index contributed by atoms with van der Waals surface area (Å²) in [6.07, 6.45) is 0. The Kier molecular flexibility index (Phi) is 10.4. The molecule has 0 radical (unpaired) electrons. The molecule has 0 saturated carbocycles. The maximum Gasteiger partial charge on any atom is 0.264 e. The number of hydrogen-bond acceptors (Lipinski definition) is 4. The number of anilines is 1. The molecule has 1 unspecified atom stereocenters. The Bertz CT molecular complexity index is 1370. The third-order valence-electron chi connectivity index (χ3n) is 5.71. The van der Waals surface area contributed by atoms with E-state index in [2.05, 4.69) is 27.9 Å². The topological polar surface area (TPSA) is 86.8 Å². The van der Waals surface area contributed by atoms with E-state index in [0.29, 0.717) is 21.3 Å². The SMILES string of the molecule is CC(C)NC(=O)C(C)N(Cc1c(Cl)cccc1Cl)C(=O)CN(c1ccc(I)cc1)S(=O)(=O)c1ccccc1. The zero-order valence-corrected chi connectivity index (χ0v) is 25.6. The van der Waals surface area contributed by atoms with Crippen molar-refractivity contribution < 1.29 is 18.0 Å². The Labute approximate surface area is 247 Å². The molecule has 11 heteroatoms. The molecule has 0 saturated heterocycles. The second-order valence-electron chi connectivity index (χ2n) is 8.86. The zero-order valence-electron chi connectivity index (χ0n) is 21.1. The van der Waals surface area contributed by atoms with Crippen LogP contribution in [0, 0.1) is 3.57 Å². The first kappa shape index (κ1) is 30.2. The zero-order chi connectivity index (χ0) is 28.0. The minimum absolute atomic E-state index is 0.0395. The van der Waals surface area contributed by atoms with E-state index in [9.17, 15) is 18.0 Å². The van der Waals surface area contributed by atoms with Gasteiger partial charge >= 0.3 is 0 Å². The fourth-order valence-corrected chi connectivity index (χ4v) is 6.01. The Morgan fingerprint density at radius 2 is 1.47 bits per heavy atom. The Morgan fingerprint density at radius 1 is 0.895 bits per heavy atom. The van der Waals surface area contributed by atoms with Gasteiger partial charge in [-0.1, -0.05) is 47.5 Å². The van der Waals surface area contributed by atoms with E-state index in [1.807, 2.05) is 13.8 Å². The molecule has 7 nitrogen and oxygen atoms in total. The van der Waals surface area contributed by atoms with Crippen LogP contribution in [0.3, 0.4) is 0 Å². The molecule has 38 heavy (non-hydrogen) atoms. The summed E-state index contributed by atoms with van der Waals surface area (Å²) < 4.78 is 29.4. The van der Waals surface area contributed by atoms with Crippen LogP contribution in [0.1, 0.15) is 26.3 Å². The van der Waals surface area contributed by atoms with Crippen molar-refractivity contribution in [2.45, 2.75) is 44.3 Å². The van der Waals surface area contributed by atoms with Crippen LogP contribution in [-0.2, 0) is 26.2 Å². The lowest BCUT2D eigenvalue weighted by Gasteiger charge is -2.32. The van der Waals surface area contributed by atoms with Gasteiger partial charge in [0.1, 0.15) is 12.6 Å². The Morgan fingerprint density at radius 3 is 2.03 bits per heavy atom. The van der Waals surface area contributed by atoms with E-state index < -0.39 is 28.5 Å². The number of benzene rings is 3. The molecule has 0 bridgehead atoms. The van der Waals surface area contributed by atoms with Gasteiger partial charge in [0, 0.05) is 31.8 Å². The molecular formula is C27H28Cl2IN3O4S. The van der Waals surface area contributed by atoms with E-state index in [0.717, 1.165) is 7.88 Å². The number of amides is 2. The van der Waals surface area contributed by atoms with Gasteiger partial charge in [0.05, 0.1) is 10.6 Å². The lowest BCUT2D eigenvalue weighted by atomic mass is 10.1. The van der Waals surface area contributed by atoms with Gasteiger partial charge in [-0.25, -0.2) is 8.42 Å². The van der Waals surface area contributed by atoms with Crippen LogP contribution in [0.15, 0.2) is 77.7 Å². The lowest BCUT2D eigenvalue weighted by molar-refractivity contribution is -0.139. The predicted molar refractivity (Wildman–Crippen MR) is 160 cm³/mol. The molecule has 0 fully saturated rings. The van der Waals surface area contributed by atoms with Gasteiger partial charge < -0.3 is 10.2 Å². The first-order valence-electron chi connectivity index (χ1n) is 11.8. The summed E-state index contributed by atoms with van der Waals surface area (Å²) in [5.74, 6) is -0.978. The summed E-state index contributed by atoms with van der Waals surface area (Å²) >= 11 is 14.9. The van der Waals surface area contributed by atoms with Crippen molar-refractivity contribution in [2.24, 2.45) is 0 Å². The van der Waals surface area contributed by atoms with Crippen LogP contribution < -0.4 is 9.62 Å². The maximum atomic E-state index is 13.9. The number of rotatable bonds is 10. The molecule has 3 rings (SSSR count). The van der Waals surface area contributed by atoms with Gasteiger partial charge in [-0.2, -0.15) is 0 Å². The van der Waals surface area contributed by atoms with Crippen molar-refractivity contribution >= 4 is 73.3 Å². The number of nitrogens with one attached hydrogen (secondary N) is 1. The lowest BCUT2D eigenvalue weighted by Crippen LogP contribution is -2.52. The maximum absolute atomic E-state index is 13.9. The van der Waals surface area contributed by atoms with E-state index in [4.69, 9.17) is 23.2 Å². The summed E-state index contributed by atoms with van der Waals surface area (Å²) in [6.45, 7) is 4.58. The molecule has 3 aromatic carbocycles. The van der Waals surface area contributed by atoms with Crippen LogP contribution >= 0.6 is 45.8 Å². The van der Waals surface area contributed by atoms with Crippen molar-refractivity contribution in [3.8, 4) is 0 Å². The number of carbonyl (C=O) groups is 2.